The topological polar surface area (TPSA) is 12.4 Å². The monoisotopic (exact) mass is 213 g/mol. The van der Waals surface area contributed by atoms with Gasteiger partial charge in [0.2, 0.25) is 0 Å². The zero-order valence-corrected chi connectivity index (χ0v) is 10.5. The molecule has 1 heteroatoms. The van der Waals surface area contributed by atoms with Crippen molar-refractivity contribution in [3.05, 3.63) is 41.5 Å². The molecule has 1 heterocycles. The fourth-order valence-electron chi connectivity index (χ4n) is 2.24. The Hall–Kier alpha value is -1.37. The number of dihydropyridines is 1. The van der Waals surface area contributed by atoms with Crippen LogP contribution in [0.15, 0.2) is 35.3 Å². The third-order valence-electron chi connectivity index (χ3n) is 3.64. The number of nitrogens with zero attached hydrogens (tertiary/aromatic N) is 1. The van der Waals surface area contributed by atoms with Crippen LogP contribution in [0.5, 0.6) is 0 Å². The minimum Gasteiger partial charge on any atom is -0.289 e. The molecule has 0 bridgehead atoms. The average molecular weight is 213 g/mol. The maximum absolute atomic E-state index is 4.53. The second-order valence-electron chi connectivity index (χ2n) is 4.98. The van der Waals surface area contributed by atoms with Crippen LogP contribution in [0.3, 0.4) is 0 Å². The van der Waals surface area contributed by atoms with E-state index in [0.29, 0.717) is 0 Å². The zero-order chi connectivity index (χ0) is 11.8. The van der Waals surface area contributed by atoms with Crippen molar-refractivity contribution in [2.24, 2.45) is 10.4 Å². The lowest BCUT2D eigenvalue weighted by Gasteiger charge is -2.32. The number of aliphatic imine (C=N–C) groups is 1. The van der Waals surface area contributed by atoms with Gasteiger partial charge in [0.1, 0.15) is 0 Å². The predicted octanol–water partition coefficient (Wildman–Crippen LogP) is 3.88. The summed E-state index contributed by atoms with van der Waals surface area (Å²) in [5.74, 6) is 0. The van der Waals surface area contributed by atoms with E-state index in [4.69, 9.17) is 0 Å². The zero-order valence-electron chi connectivity index (χ0n) is 10.5. The molecule has 1 aromatic rings. The van der Waals surface area contributed by atoms with Crippen molar-refractivity contribution in [2.45, 2.75) is 27.7 Å². The molecule has 0 radical (unpaired) electrons. The van der Waals surface area contributed by atoms with Crippen molar-refractivity contribution in [1.29, 1.82) is 0 Å². The van der Waals surface area contributed by atoms with Gasteiger partial charge in [0.05, 0.1) is 6.54 Å². The molecule has 16 heavy (non-hydrogen) atoms. The quantitative estimate of drug-likeness (QED) is 0.671. The van der Waals surface area contributed by atoms with E-state index in [1.807, 2.05) is 0 Å². The lowest BCUT2D eigenvalue weighted by molar-refractivity contribution is 0.681. The van der Waals surface area contributed by atoms with Gasteiger partial charge in [-0.05, 0) is 30.5 Å². The molecule has 0 aliphatic carbocycles. The molecule has 1 aliphatic rings. The second kappa shape index (κ2) is 3.89. The van der Waals surface area contributed by atoms with E-state index >= 15 is 0 Å². The fraction of sp³-hybridized carbons (Fsp3) is 0.400. The van der Waals surface area contributed by atoms with E-state index in [1.165, 1.54) is 22.4 Å². The van der Waals surface area contributed by atoms with Crippen molar-refractivity contribution >= 4 is 11.3 Å². The fourth-order valence-corrected chi connectivity index (χ4v) is 2.24. The number of rotatable bonds is 1. The first-order chi connectivity index (χ1) is 7.53. The molecule has 0 N–H and O–H groups in total. The largest absolute Gasteiger partial charge is 0.289 e. The molecule has 1 aliphatic heterocycles. The van der Waals surface area contributed by atoms with Crippen LogP contribution in [-0.2, 0) is 0 Å². The van der Waals surface area contributed by atoms with Crippen LogP contribution in [-0.4, -0.2) is 12.3 Å². The molecular weight excluding hydrogens is 194 g/mol. The number of allylic oxidation sites excluding steroid dienone is 1. The highest BCUT2D eigenvalue weighted by Gasteiger charge is 2.30. The Morgan fingerprint density at radius 2 is 1.81 bits per heavy atom. The number of hydrogen-bond donors (Lipinski definition) is 0. The summed E-state index contributed by atoms with van der Waals surface area (Å²) in [5.41, 5.74) is 5.41. The van der Waals surface area contributed by atoms with E-state index in [9.17, 15) is 0 Å². The third-order valence-corrected chi connectivity index (χ3v) is 3.64. The standard InChI is InChI=1S/C15H19N/c1-11-7-5-6-8-13(11)14-9-10-16-12(2)15(14,3)4/h5-9H,10H2,1-4H3. The SMILES string of the molecule is CC1=NCC=C(c2ccccc2C)C1(C)C. The molecule has 1 aromatic carbocycles. The van der Waals surface area contributed by atoms with Gasteiger partial charge in [0.25, 0.3) is 0 Å². The van der Waals surface area contributed by atoms with Crippen LogP contribution < -0.4 is 0 Å². The lowest BCUT2D eigenvalue weighted by Crippen LogP contribution is -2.27. The molecule has 2 rings (SSSR count). The lowest BCUT2D eigenvalue weighted by atomic mass is 9.74. The van der Waals surface area contributed by atoms with Gasteiger partial charge in [0, 0.05) is 11.1 Å². The molecule has 0 saturated heterocycles. The van der Waals surface area contributed by atoms with Gasteiger partial charge in [-0.3, -0.25) is 4.99 Å². The molecule has 0 atom stereocenters. The normalized spacial score (nSPS) is 19.0. The summed E-state index contributed by atoms with van der Waals surface area (Å²) < 4.78 is 0. The van der Waals surface area contributed by atoms with Crippen molar-refractivity contribution in [1.82, 2.24) is 0 Å². The van der Waals surface area contributed by atoms with Gasteiger partial charge >= 0.3 is 0 Å². The van der Waals surface area contributed by atoms with E-state index in [1.54, 1.807) is 0 Å². The summed E-state index contributed by atoms with van der Waals surface area (Å²) >= 11 is 0. The highest BCUT2D eigenvalue weighted by Crippen LogP contribution is 2.39. The maximum Gasteiger partial charge on any atom is 0.0576 e. The molecule has 1 nitrogen and oxygen atoms in total. The van der Waals surface area contributed by atoms with Gasteiger partial charge in [-0.1, -0.05) is 44.2 Å². The van der Waals surface area contributed by atoms with E-state index in [-0.39, 0.29) is 5.41 Å². The van der Waals surface area contributed by atoms with Crippen LogP contribution >= 0.6 is 0 Å². The molecule has 0 aromatic heterocycles. The molecule has 0 saturated carbocycles. The van der Waals surface area contributed by atoms with Gasteiger partial charge < -0.3 is 0 Å². The van der Waals surface area contributed by atoms with Gasteiger partial charge in [-0.25, -0.2) is 0 Å². The molecular formula is C15H19N. The van der Waals surface area contributed by atoms with Crippen LogP contribution in [0.25, 0.3) is 5.57 Å². The average Bonchev–Trinajstić information content (AvgIpc) is 2.24. The Bertz CT molecular complexity index is 464. The molecule has 0 fully saturated rings. The van der Waals surface area contributed by atoms with E-state index in [2.05, 4.69) is 63.0 Å². The minimum atomic E-state index is 0.0599. The highest BCUT2D eigenvalue weighted by atomic mass is 14.8. The summed E-state index contributed by atoms with van der Waals surface area (Å²) in [6.07, 6.45) is 2.26. The Kier molecular flexibility index (Phi) is 2.71. The van der Waals surface area contributed by atoms with E-state index < -0.39 is 0 Å². The minimum absolute atomic E-state index is 0.0599. The first kappa shape index (κ1) is 11.1. The van der Waals surface area contributed by atoms with Crippen LogP contribution in [0, 0.1) is 12.3 Å². The second-order valence-corrected chi connectivity index (χ2v) is 4.98. The first-order valence-corrected chi connectivity index (χ1v) is 5.81. The highest BCUT2D eigenvalue weighted by molar-refractivity contribution is 6.00. The van der Waals surface area contributed by atoms with Gasteiger partial charge in [-0.2, -0.15) is 0 Å². The van der Waals surface area contributed by atoms with Crippen LogP contribution in [0.2, 0.25) is 0 Å². The van der Waals surface area contributed by atoms with Crippen molar-refractivity contribution < 1.29 is 0 Å². The molecule has 0 unspecified atom stereocenters. The summed E-state index contributed by atoms with van der Waals surface area (Å²) in [7, 11) is 0. The van der Waals surface area contributed by atoms with Crippen molar-refractivity contribution in [3.8, 4) is 0 Å². The summed E-state index contributed by atoms with van der Waals surface area (Å²) in [6, 6.07) is 8.59. The number of aryl methyl sites for hydroxylation is 1. The number of benzene rings is 1. The van der Waals surface area contributed by atoms with Crippen molar-refractivity contribution in [2.75, 3.05) is 6.54 Å². The third kappa shape index (κ3) is 1.71. The Morgan fingerprint density at radius 1 is 1.12 bits per heavy atom. The molecule has 0 spiro atoms. The Morgan fingerprint density at radius 3 is 2.50 bits per heavy atom. The summed E-state index contributed by atoms with van der Waals surface area (Å²) in [5, 5.41) is 0. The first-order valence-electron chi connectivity index (χ1n) is 5.81. The van der Waals surface area contributed by atoms with Crippen LogP contribution in [0.4, 0.5) is 0 Å². The molecule has 0 amide bonds. The van der Waals surface area contributed by atoms with Crippen LogP contribution in [0.1, 0.15) is 31.9 Å². The maximum atomic E-state index is 4.53. The van der Waals surface area contributed by atoms with Gasteiger partial charge in [0.15, 0.2) is 0 Å². The Labute approximate surface area is 97.9 Å². The smallest absolute Gasteiger partial charge is 0.0576 e. The predicted molar refractivity (Wildman–Crippen MR) is 70.9 cm³/mol. The number of hydrogen-bond acceptors (Lipinski definition) is 1. The van der Waals surface area contributed by atoms with Crippen molar-refractivity contribution in [3.63, 3.8) is 0 Å². The Balaban J connectivity index is 2.50. The molecule has 84 valence electrons. The van der Waals surface area contributed by atoms with E-state index in [0.717, 1.165) is 6.54 Å². The van der Waals surface area contributed by atoms with Gasteiger partial charge in [-0.15, -0.1) is 0 Å². The summed E-state index contributed by atoms with van der Waals surface area (Å²) in [6.45, 7) is 9.63. The summed E-state index contributed by atoms with van der Waals surface area (Å²) in [4.78, 5) is 4.53.